The van der Waals surface area contributed by atoms with E-state index in [1.54, 1.807) is 28.7 Å². The molecule has 3 aromatic heterocycles. The molecule has 43 heavy (non-hydrogen) atoms. The molecule has 0 saturated carbocycles. The number of hydrogen-bond acceptors (Lipinski definition) is 7. The van der Waals surface area contributed by atoms with Gasteiger partial charge in [-0.15, -0.1) is 11.3 Å². The summed E-state index contributed by atoms with van der Waals surface area (Å²) in [5.74, 6) is -0.0335. The van der Waals surface area contributed by atoms with Crippen molar-refractivity contribution in [2.45, 2.75) is 38.0 Å². The lowest BCUT2D eigenvalue weighted by Gasteiger charge is -2.33. The molecule has 2 aromatic carbocycles. The molecule has 2 atom stereocenters. The zero-order chi connectivity index (χ0) is 29.7. The second-order valence-corrected chi connectivity index (χ2v) is 12.7. The summed E-state index contributed by atoms with van der Waals surface area (Å²) >= 11 is 15.1. The Morgan fingerprint density at radius 3 is 2.70 bits per heavy atom. The summed E-state index contributed by atoms with van der Waals surface area (Å²) < 4.78 is 17.6. The Labute approximate surface area is 260 Å². The molecule has 2 N–H and O–H groups in total. The van der Waals surface area contributed by atoms with Crippen molar-refractivity contribution >= 4 is 62.2 Å². The minimum Gasteiger partial charge on any atom is -0.396 e. The number of aromatic nitrogens is 5. The van der Waals surface area contributed by atoms with E-state index in [-0.39, 0.29) is 19.6 Å². The molecule has 2 aliphatic rings. The number of hydrogen-bond donors (Lipinski definition) is 2. The number of nitrogens with one attached hydrogen (secondary N) is 1. The predicted octanol–water partition coefficient (Wildman–Crippen LogP) is 5.99. The number of anilines is 2. The van der Waals surface area contributed by atoms with Gasteiger partial charge in [-0.25, -0.2) is 14.4 Å². The average molecular weight is 641 g/mol. The lowest BCUT2D eigenvalue weighted by molar-refractivity contribution is -0.118. The van der Waals surface area contributed by atoms with Crippen LogP contribution >= 0.6 is 34.5 Å². The molecule has 0 radical (unpaired) electrons. The number of halogens is 3. The van der Waals surface area contributed by atoms with Crippen LogP contribution in [0.2, 0.25) is 10.0 Å². The molecule has 5 heterocycles. The van der Waals surface area contributed by atoms with Crippen LogP contribution in [-0.4, -0.2) is 61.2 Å². The Balaban J connectivity index is 1.24. The van der Waals surface area contributed by atoms with E-state index in [1.807, 2.05) is 18.2 Å². The highest BCUT2D eigenvalue weighted by Crippen LogP contribution is 2.40. The molecule has 0 aliphatic carbocycles. The summed E-state index contributed by atoms with van der Waals surface area (Å²) in [7, 11) is 0. The van der Waals surface area contributed by atoms with Crippen LogP contribution in [0.3, 0.4) is 0 Å². The molecular weight excluding hydrogens is 612 g/mol. The minimum absolute atomic E-state index is 0.165. The average Bonchev–Trinajstić information content (AvgIpc) is 3.82. The van der Waals surface area contributed by atoms with Crippen LogP contribution in [0.4, 0.5) is 15.2 Å². The molecule has 0 bridgehead atoms. The maximum absolute atomic E-state index is 14.3. The standard InChI is InChI=1S/C30H28Cl2FN7O2S/c31-23-12-21(18-1-3-20(4-2-18)38-8-5-17(15-41)6-9-38)25(32)26-22(23)14-40(37-26)28(29(42)36-30-34-7-10-43-30)27-24-11-19(33)13-39(24)16-35-27/h1-4,7,10,12,14,16-17,19,28,41H,5-6,8-9,11,13,15H2,(H,34,36,42)/t19-,28?/m1/s1. The monoisotopic (exact) mass is 639 g/mol. The zero-order valence-electron chi connectivity index (χ0n) is 23.0. The Hall–Kier alpha value is -3.51. The van der Waals surface area contributed by atoms with Crippen molar-refractivity contribution in [1.29, 1.82) is 0 Å². The minimum atomic E-state index is -1.04. The number of carbonyl (C=O) groups is 1. The van der Waals surface area contributed by atoms with Crippen molar-refractivity contribution < 1.29 is 14.3 Å². The van der Waals surface area contributed by atoms with Gasteiger partial charge in [-0.05, 0) is 42.5 Å². The van der Waals surface area contributed by atoms with Gasteiger partial charge in [-0.3, -0.25) is 14.8 Å². The molecule has 1 amide bonds. The number of aliphatic hydroxyl groups excluding tert-OH is 1. The molecule has 7 rings (SSSR count). The SMILES string of the molecule is O=C(Nc1nccs1)C(c1ncn2c1C[C@@H](F)C2)n1cc2c(Cl)cc(-c3ccc(N4CCC(CO)CC4)cc3)c(Cl)c2n1. The van der Waals surface area contributed by atoms with Gasteiger partial charge in [0.15, 0.2) is 11.2 Å². The Morgan fingerprint density at radius 2 is 1.98 bits per heavy atom. The van der Waals surface area contributed by atoms with Gasteiger partial charge in [0.05, 0.1) is 28.6 Å². The van der Waals surface area contributed by atoms with Gasteiger partial charge >= 0.3 is 0 Å². The molecule has 222 valence electrons. The summed E-state index contributed by atoms with van der Waals surface area (Å²) in [5, 5.41) is 20.7. The first-order chi connectivity index (χ1) is 20.9. The maximum atomic E-state index is 14.3. The second kappa shape index (κ2) is 11.5. The highest BCUT2D eigenvalue weighted by molar-refractivity contribution is 7.13. The number of amides is 1. The van der Waals surface area contributed by atoms with E-state index < -0.39 is 18.1 Å². The van der Waals surface area contributed by atoms with Gasteiger partial charge in [0, 0.05) is 66.2 Å². The van der Waals surface area contributed by atoms with Crippen LogP contribution in [0.15, 0.2) is 54.4 Å². The van der Waals surface area contributed by atoms with Gasteiger partial charge in [-0.2, -0.15) is 5.10 Å². The number of piperidine rings is 1. The summed E-state index contributed by atoms with van der Waals surface area (Å²) in [5.41, 5.74) is 4.26. The fourth-order valence-corrected chi connectivity index (χ4v) is 7.12. The fraction of sp³-hybridized carbons (Fsp3) is 0.333. The molecule has 2 aliphatic heterocycles. The van der Waals surface area contributed by atoms with Crippen LogP contribution in [0.25, 0.3) is 22.0 Å². The lowest BCUT2D eigenvalue weighted by atomic mass is 9.97. The Kier molecular flexibility index (Phi) is 7.58. The smallest absolute Gasteiger partial charge is 0.257 e. The Morgan fingerprint density at radius 1 is 1.19 bits per heavy atom. The van der Waals surface area contributed by atoms with Crippen LogP contribution in [0.5, 0.6) is 0 Å². The lowest BCUT2D eigenvalue weighted by Crippen LogP contribution is -2.34. The number of rotatable bonds is 7. The first kappa shape index (κ1) is 28.3. The summed E-state index contributed by atoms with van der Waals surface area (Å²) in [4.78, 5) is 24.7. The highest BCUT2D eigenvalue weighted by atomic mass is 35.5. The second-order valence-electron chi connectivity index (χ2n) is 11.0. The van der Waals surface area contributed by atoms with E-state index in [4.69, 9.17) is 28.3 Å². The van der Waals surface area contributed by atoms with E-state index >= 15 is 0 Å². The fourth-order valence-electron chi connectivity index (χ4n) is 6.04. The molecule has 9 nitrogen and oxygen atoms in total. The molecule has 13 heteroatoms. The van der Waals surface area contributed by atoms with Crippen LogP contribution in [0.1, 0.15) is 30.3 Å². The van der Waals surface area contributed by atoms with Gasteiger partial charge in [0.2, 0.25) is 0 Å². The van der Waals surface area contributed by atoms with Crippen molar-refractivity contribution in [3.05, 3.63) is 75.9 Å². The summed E-state index contributed by atoms with van der Waals surface area (Å²) in [6.45, 7) is 2.25. The van der Waals surface area contributed by atoms with Crippen LogP contribution in [-0.2, 0) is 17.8 Å². The van der Waals surface area contributed by atoms with E-state index in [1.165, 1.54) is 16.0 Å². The third-order valence-electron chi connectivity index (χ3n) is 8.34. The van der Waals surface area contributed by atoms with Crippen molar-refractivity contribution in [3.63, 3.8) is 0 Å². The molecular formula is C30H28Cl2FN7O2S. The number of nitrogens with zero attached hydrogens (tertiary/aromatic N) is 6. The predicted molar refractivity (Wildman–Crippen MR) is 167 cm³/mol. The van der Waals surface area contributed by atoms with Crippen molar-refractivity contribution in [1.82, 2.24) is 24.3 Å². The van der Waals surface area contributed by atoms with E-state index in [0.717, 1.165) is 42.7 Å². The Bertz CT molecular complexity index is 1780. The summed E-state index contributed by atoms with van der Waals surface area (Å²) in [6, 6.07) is 8.98. The van der Waals surface area contributed by atoms with Gasteiger partial charge in [0.25, 0.3) is 5.91 Å². The van der Waals surface area contributed by atoms with E-state index in [9.17, 15) is 14.3 Å². The number of aliphatic hydroxyl groups is 1. The number of imidazole rings is 1. The molecule has 0 spiro atoms. The maximum Gasteiger partial charge on any atom is 0.257 e. The molecule has 5 aromatic rings. The van der Waals surface area contributed by atoms with Crippen LogP contribution in [0, 0.1) is 5.92 Å². The van der Waals surface area contributed by atoms with Gasteiger partial charge < -0.3 is 14.6 Å². The van der Waals surface area contributed by atoms with Crippen molar-refractivity contribution in [3.8, 4) is 11.1 Å². The first-order valence-electron chi connectivity index (χ1n) is 14.1. The number of alkyl halides is 1. The third-order valence-corrected chi connectivity index (χ3v) is 9.73. The number of benzene rings is 2. The molecule has 1 fully saturated rings. The zero-order valence-corrected chi connectivity index (χ0v) is 25.3. The van der Waals surface area contributed by atoms with Crippen molar-refractivity contribution in [2.24, 2.45) is 5.92 Å². The first-order valence-corrected chi connectivity index (χ1v) is 15.7. The third kappa shape index (κ3) is 5.28. The number of thiazole rings is 1. The summed E-state index contributed by atoms with van der Waals surface area (Å²) in [6.07, 6.45) is 5.92. The highest BCUT2D eigenvalue weighted by Gasteiger charge is 2.34. The van der Waals surface area contributed by atoms with Crippen LogP contribution < -0.4 is 10.2 Å². The topological polar surface area (TPSA) is 101 Å². The normalized spacial score (nSPS) is 17.9. The van der Waals surface area contributed by atoms with E-state index in [0.29, 0.717) is 43.4 Å². The quantitative estimate of drug-likeness (QED) is 0.227. The van der Waals surface area contributed by atoms with Gasteiger partial charge in [0.1, 0.15) is 11.7 Å². The van der Waals surface area contributed by atoms with Crippen molar-refractivity contribution in [2.75, 3.05) is 29.9 Å². The number of fused-ring (bicyclic) bond motifs is 2. The largest absolute Gasteiger partial charge is 0.396 e. The van der Waals surface area contributed by atoms with E-state index in [2.05, 4.69) is 32.3 Å². The molecule has 1 saturated heterocycles. The van der Waals surface area contributed by atoms with Gasteiger partial charge in [-0.1, -0.05) is 35.3 Å². The molecule has 1 unspecified atom stereocenters. The number of carbonyl (C=O) groups excluding carboxylic acids is 1.